The summed E-state index contributed by atoms with van der Waals surface area (Å²) < 4.78 is 0. The van der Waals surface area contributed by atoms with Gasteiger partial charge in [-0.25, -0.2) is 0 Å². The predicted octanol–water partition coefficient (Wildman–Crippen LogP) is 3.88. The molecular weight excluding hydrogens is 260 g/mol. The number of fused-ring (bicyclic) bond motifs is 3. The molecule has 0 aliphatic heterocycles. The Balaban J connectivity index is 2.00. The van der Waals surface area contributed by atoms with Crippen LogP contribution >= 0.6 is 0 Å². The van der Waals surface area contributed by atoms with Gasteiger partial charge in [0.1, 0.15) is 0 Å². The molecule has 2 N–H and O–H groups in total. The highest BCUT2D eigenvalue weighted by molar-refractivity contribution is 6.08. The van der Waals surface area contributed by atoms with Gasteiger partial charge in [0, 0.05) is 33.6 Å². The smallest absolute Gasteiger partial charge is 0.0859 e. The summed E-state index contributed by atoms with van der Waals surface area (Å²) in [5.41, 5.74) is 5.01. The number of aliphatic hydroxyl groups excluding tert-OH is 1. The minimum atomic E-state index is -0.0535. The van der Waals surface area contributed by atoms with E-state index in [-0.39, 0.29) is 6.61 Å². The number of nitrogens with zero attached hydrogens (tertiary/aromatic N) is 1. The van der Waals surface area contributed by atoms with Crippen molar-refractivity contribution in [1.82, 2.24) is 9.97 Å². The van der Waals surface area contributed by atoms with Crippen molar-refractivity contribution in [3.63, 3.8) is 0 Å². The highest BCUT2D eigenvalue weighted by Crippen LogP contribution is 2.30. The van der Waals surface area contributed by atoms with Gasteiger partial charge in [-0.3, -0.25) is 4.98 Å². The van der Waals surface area contributed by atoms with Crippen LogP contribution in [0, 0.1) is 0 Å². The molecule has 2 aromatic heterocycles. The maximum absolute atomic E-state index is 9.46. The maximum Gasteiger partial charge on any atom is 0.0859 e. The van der Waals surface area contributed by atoms with Crippen LogP contribution in [0.3, 0.4) is 0 Å². The molecule has 0 fully saturated rings. The molecule has 3 nitrogen and oxygen atoms in total. The fourth-order valence-electron chi connectivity index (χ4n) is 2.84. The molecule has 0 aliphatic rings. The van der Waals surface area contributed by atoms with E-state index in [1.54, 1.807) is 6.20 Å². The lowest BCUT2D eigenvalue weighted by Crippen LogP contribution is -1.92. The molecule has 0 bridgehead atoms. The maximum atomic E-state index is 9.46. The molecule has 0 saturated carbocycles. The highest BCUT2D eigenvalue weighted by atomic mass is 16.3. The van der Waals surface area contributed by atoms with Gasteiger partial charge in [0.2, 0.25) is 0 Å². The molecule has 102 valence electrons. The summed E-state index contributed by atoms with van der Waals surface area (Å²) in [6, 6.07) is 18.5. The Labute approximate surface area is 121 Å². The van der Waals surface area contributed by atoms with Crippen molar-refractivity contribution in [2.24, 2.45) is 0 Å². The first kappa shape index (κ1) is 12.1. The minimum Gasteiger partial charge on any atom is -0.390 e. The van der Waals surface area contributed by atoms with E-state index >= 15 is 0 Å². The lowest BCUT2D eigenvalue weighted by molar-refractivity contribution is 0.277. The number of pyridine rings is 1. The number of para-hydroxylation sites is 1. The van der Waals surface area contributed by atoms with Crippen LogP contribution in [0.15, 0.2) is 60.8 Å². The molecule has 3 heteroatoms. The zero-order valence-electron chi connectivity index (χ0n) is 11.4. The fourth-order valence-corrected chi connectivity index (χ4v) is 2.84. The van der Waals surface area contributed by atoms with Crippen LogP contribution in [-0.2, 0) is 6.61 Å². The monoisotopic (exact) mass is 274 g/mol. The van der Waals surface area contributed by atoms with Gasteiger partial charge in [-0.2, -0.15) is 0 Å². The lowest BCUT2D eigenvalue weighted by Gasteiger charge is -2.06. The predicted molar refractivity (Wildman–Crippen MR) is 85.0 cm³/mol. The summed E-state index contributed by atoms with van der Waals surface area (Å²) in [5.74, 6) is 0. The van der Waals surface area contributed by atoms with Crippen molar-refractivity contribution in [3.05, 3.63) is 66.5 Å². The quantitative estimate of drug-likeness (QED) is 0.583. The first-order valence-electron chi connectivity index (χ1n) is 6.92. The normalized spacial score (nSPS) is 11.3. The van der Waals surface area contributed by atoms with Gasteiger partial charge in [0.15, 0.2) is 0 Å². The van der Waals surface area contributed by atoms with Gasteiger partial charge in [-0.15, -0.1) is 0 Å². The second-order valence-electron chi connectivity index (χ2n) is 5.09. The molecule has 0 atom stereocenters. The Hall–Kier alpha value is -2.65. The molecule has 0 amide bonds. The third-order valence-corrected chi connectivity index (χ3v) is 3.86. The third kappa shape index (κ3) is 1.90. The third-order valence-electron chi connectivity index (χ3n) is 3.86. The molecule has 0 aliphatic carbocycles. The number of aromatic amines is 1. The second-order valence-corrected chi connectivity index (χ2v) is 5.09. The average molecular weight is 274 g/mol. The molecule has 4 rings (SSSR count). The van der Waals surface area contributed by atoms with Crippen LogP contribution in [0.25, 0.3) is 32.9 Å². The Morgan fingerprint density at radius 1 is 0.905 bits per heavy atom. The van der Waals surface area contributed by atoms with Crippen LogP contribution in [0.2, 0.25) is 0 Å². The van der Waals surface area contributed by atoms with E-state index < -0.39 is 0 Å². The van der Waals surface area contributed by atoms with E-state index in [1.807, 2.05) is 24.3 Å². The van der Waals surface area contributed by atoms with E-state index in [0.29, 0.717) is 5.69 Å². The number of hydrogen-bond acceptors (Lipinski definition) is 2. The van der Waals surface area contributed by atoms with Gasteiger partial charge >= 0.3 is 0 Å². The molecule has 21 heavy (non-hydrogen) atoms. The van der Waals surface area contributed by atoms with Gasteiger partial charge in [-0.1, -0.05) is 30.3 Å². The molecule has 2 aromatic carbocycles. The number of hydrogen-bond donors (Lipinski definition) is 2. The number of rotatable bonds is 2. The van der Waals surface area contributed by atoms with Crippen LogP contribution < -0.4 is 0 Å². The van der Waals surface area contributed by atoms with Gasteiger partial charge in [-0.05, 0) is 29.8 Å². The Kier molecular flexibility index (Phi) is 2.72. The number of nitrogens with one attached hydrogen (secondary N) is 1. The zero-order chi connectivity index (χ0) is 14.2. The SMILES string of the molecule is OCc1ncccc1-c1ccc2[nH]c3ccccc3c2c1. The van der Waals surface area contributed by atoms with Crippen LogP contribution in [0.5, 0.6) is 0 Å². The molecular formula is C18H14N2O. The largest absolute Gasteiger partial charge is 0.390 e. The number of H-pyrrole nitrogens is 1. The van der Waals surface area contributed by atoms with Crippen molar-refractivity contribution in [3.8, 4) is 11.1 Å². The van der Waals surface area contributed by atoms with Crippen LogP contribution in [0.4, 0.5) is 0 Å². The van der Waals surface area contributed by atoms with Crippen LogP contribution in [-0.4, -0.2) is 15.1 Å². The van der Waals surface area contributed by atoms with Crippen molar-refractivity contribution in [1.29, 1.82) is 0 Å². The zero-order valence-corrected chi connectivity index (χ0v) is 11.4. The lowest BCUT2D eigenvalue weighted by atomic mass is 10.0. The topological polar surface area (TPSA) is 48.9 Å². The molecule has 0 radical (unpaired) electrons. The molecule has 4 aromatic rings. The number of benzene rings is 2. The molecule has 0 unspecified atom stereocenters. The number of aliphatic hydroxyl groups is 1. The highest BCUT2D eigenvalue weighted by Gasteiger charge is 2.08. The molecule has 0 saturated heterocycles. The van der Waals surface area contributed by atoms with E-state index in [4.69, 9.17) is 0 Å². The van der Waals surface area contributed by atoms with Gasteiger partial charge < -0.3 is 10.1 Å². The summed E-state index contributed by atoms with van der Waals surface area (Å²) in [4.78, 5) is 7.67. The van der Waals surface area contributed by atoms with E-state index in [2.05, 4.69) is 40.3 Å². The first-order valence-corrected chi connectivity index (χ1v) is 6.92. The Morgan fingerprint density at radius 3 is 2.67 bits per heavy atom. The molecule has 2 heterocycles. The summed E-state index contributed by atoms with van der Waals surface area (Å²) >= 11 is 0. The summed E-state index contributed by atoms with van der Waals surface area (Å²) in [6.45, 7) is -0.0535. The second kappa shape index (κ2) is 4.72. The van der Waals surface area contributed by atoms with E-state index in [0.717, 1.165) is 22.2 Å². The van der Waals surface area contributed by atoms with Crippen molar-refractivity contribution in [2.45, 2.75) is 6.61 Å². The van der Waals surface area contributed by atoms with Crippen molar-refractivity contribution >= 4 is 21.8 Å². The molecule has 0 spiro atoms. The standard InChI is InChI=1S/C18H14N2O/c21-11-18-13(5-3-9-19-18)12-7-8-17-15(10-12)14-4-1-2-6-16(14)20-17/h1-10,20-21H,11H2. The minimum absolute atomic E-state index is 0.0535. The van der Waals surface area contributed by atoms with E-state index in [1.165, 1.54) is 10.8 Å². The summed E-state index contributed by atoms with van der Waals surface area (Å²) in [6.07, 6.45) is 1.71. The average Bonchev–Trinajstić information content (AvgIpc) is 2.92. The van der Waals surface area contributed by atoms with E-state index in [9.17, 15) is 5.11 Å². The number of aromatic nitrogens is 2. The van der Waals surface area contributed by atoms with Crippen molar-refractivity contribution in [2.75, 3.05) is 0 Å². The van der Waals surface area contributed by atoms with Gasteiger partial charge in [0.25, 0.3) is 0 Å². The summed E-state index contributed by atoms with van der Waals surface area (Å²) in [7, 11) is 0. The Morgan fingerprint density at radius 2 is 1.76 bits per heavy atom. The van der Waals surface area contributed by atoms with Crippen molar-refractivity contribution < 1.29 is 5.11 Å². The summed E-state index contributed by atoms with van der Waals surface area (Å²) in [5, 5.41) is 11.9. The fraction of sp³-hybridized carbons (Fsp3) is 0.0556. The first-order chi connectivity index (χ1) is 10.4. The van der Waals surface area contributed by atoms with Crippen LogP contribution in [0.1, 0.15) is 5.69 Å². The van der Waals surface area contributed by atoms with Gasteiger partial charge in [0.05, 0.1) is 12.3 Å². The Bertz CT molecular complexity index is 940.